The molecule has 0 unspecified atom stereocenters. The van der Waals surface area contributed by atoms with Crippen LogP contribution in [0, 0.1) is 0 Å². The van der Waals surface area contributed by atoms with Gasteiger partial charge in [-0.3, -0.25) is 9.91 Å². The molecular weight excluding hydrogens is 330 g/mol. The van der Waals surface area contributed by atoms with E-state index in [1.54, 1.807) is 0 Å². The molecule has 3 nitrogen and oxygen atoms in total. The monoisotopic (exact) mass is 355 g/mol. The Hall–Kier alpha value is -2.91. The summed E-state index contributed by atoms with van der Waals surface area (Å²) < 4.78 is 0. The number of benzene rings is 3. The van der Waals surface area contributed by atoms with Gasteiger partial charge >= 0.3 is 0 Å². The lowest BCUT2D eigenvalue weighted by Crippen LogP contribution is -2.45. The van der Waals surface area contributed by atoms with Crippen LogP contribution in [0.4, 0.5) is 0 Å². The van der Waals surface area contributed by atoms with Crippen LogP contribution in [0.5, 0.6) is 0 Å². The highest BCUT2D eigenvalue weighted by Gasteiger charge is 2.25. The molecule has 136 valence electrons. The van der Waals surface area contributed by atoms with Crippen LogP contribution in [0.2, 0.25) is 0 Å². The van der Waals surface area contributed by atoms with Crippen LogP contribution in [-0.2, 0) is 0 Å². The highest BCUT2D eigenvalue weighted by Crippen LogP contribution is 2.29. The maximum Gasteiger partial charge on any atom is 0.0603 e. The fraction of sp³-hybridized carbons (Fsp3) is 0.208. The molecule has 1 heterocycles. The molecule has 4 rings (SSSR count). The SMILES string of the molecule is C(=NN1CCN(C(c2ccccc2)c2ccccc2)CC1)c1ccccc1. The minimum absolute atomic E-state index is 0.299. The summed E-state index contributed by atoms with van der Waals surface area (Å²) in [6.45, 7) is 3.89. The summed E-state index contributed by atoms with van der Waals surface area (Å²) in [5.41, 5.74) is 3.85. The van der Waals surface area contributed by atoms with Crippen molar-refractivity contribution in [3.05, 3.63) is 108 Å². The molecule has 0 saturated carbocycles. The highest BCUT2D eigenvalue weighted by molar-refractivity contribution is 5.79. The van der Waals surface area contributed by atoms with Crippen LogP contribution in [0.1, 0.15) is 22.7 Å². The number of hydrogen-bond donors (Lipinski definition) is 0. The third-order valence-electron chi connectivity index (χ3n) is 5.06. The van der Waals surface area contributed by atoms with Gasteiger partial charge in [0.1, 0.15) is 0 Å². The van der Waals surface area contributed by atoms with Gasteiger partial charge in [-0.05, 0) is 16.7 Å². The van der Waals surface area contributed by atoms with Crippen molar-refractivity contribution in [1.29, 1.82) is 0 Å². The number of hydrogen-bond acceptors (Lipinski definition) is 3. The molecule has 0 aromatic heterocycles. The highest BCUT2D eigenvalue weighted by atomic mass is 15.5. The number of rotatable bonds is 5. The summed E-state index contributed by atoms with van der Waals surface area (Å²) in [5.74, 6) is 0. The van der Waals surface area contributed by atoms with Crippen molar-refractivity contribution in [3.8, 4) is 0 Å². The van der Waals surface area contributed by atoms with Crippen molar-refractivity contribution in [3.63, 3.8) is 0 Å². The second-order valence-corrected chi connectivity index (χ2v) is 6.87. The van der Waals surface area contributed by atoms with Crippen molar-refractivity contribution in [2.75, 3.05) is 26.2 Å². The van der Waals surface area contributed by atoms with Gasteiger partial charge in [0.25, 0.3) is 0 Å². The van der Waals surface area contributed by atoms with Gasteiger partial charge in [-0.1, -0.05) is 91.0 Å². The Morgan fingerprint density at radius 2 is 1.11 bits per heavy atom. The maximum atomic E-state index is 4.67. The van der Waals surface area contributed by atoms with Crippen LogP contribution in [-0.4, -0.2) is 42.3 Å². The zero-order chi connectivity index (χ0) is 18.3. The van der Waals surface area contributed by atoms with Gasteiger partial charge in [-0.2, -0.15) is 5.10 Å². The second-order valence-electron chi connectivity index (χ2n) is 6.87. The van der Waals surface area contributed by atoms with Crippen molar-refractivity contribution in [1.82, 2.24) is 9.91 Å². The van der Waals surface area contributed by atoms with Crippen LogP contribution >= 0.6 is 0 Å². The largest absolute Gasteiger partial charge is 0.294 e. The zero-order valence-corrected chi connectivity index (χ0v) is 15.5. The lowest BCUT2D eigenvalue weighted by molar-refractivity contribution is 0.113. The van der Waals surface area contributed by atoms with E-state index in [0.717, 1.165) is 31.7 Å². The Kier molecular flexibility index (Phi) is 5.61. The van der Waals surface area contributed by atoms with Crippen molar-refractivity contribution < 1.29 is 0 Å². The summed E-state index contributed by atoms with van der Waals surface area (Å²) in [7, 11) is 0. The Morgan fingerprint density at radius 1 is 0.630 bits per heavy atom. The minimum Gasteiger partial charge on any atom is -0.294 e. The van der Waals surface area contributed by atoms with E-state index in [9.17, 15) is 0 Å². The van der Waals surface area contributed by atoms with E-state index in [-0.39, 0.29) is 0 Å². The van der Waals surface area contributed by atoms with E-state index in [1.165, 1.54) is 11.1 Å². The standard InChI is InChI=1S/C24H25N3/c1-4-10-21(11-5-1)20-25-27-18-16-26(17-19-27)24(22-12-6-2-7-13-22)23-14-8-3-9-15-23/h1-15,20,24H,16-19H2. The molecule has 3 heteroatoms. The number of piperazine rings is 1. The second kappa shape index (κ2) is 8.65. The van der Waals surface area contributed by atoms with Crippen molar-refractivity contribution >= 4 is 6.21 Å². The summed E-state index contributed by atoms with van der Waals surface area (Å²) in [6.07, 6.45) is 1.96. The van der Waals surface area contributed by atoms with Crippen molar-refractivity contribution in [2.45, 2.75) is 6.04 Å². The molecule has 1 fully saturated rings. The number of nitrogens with zero attached hydrogens (tertiary/aromatic N) is 3. The lowest BCUT2D eigenvalue weighted by atomic mass is 9.96. The van der Waals surface area contributed by atoms with Crippen LogP contribution in [0.3, 0.4) is 0 Å². The van der Waals surface area contributed by atoms with Gasteiger partial charge in [0.2, 0.25) is 0 Å². The summed E-state index contributed by atoms with van der Waals surface area (Å²) in [4.78, 5) is 2.57. The molecule has 1 aliphatic heterocycles. The predicted octanol–water partition coefficient (Wildman–Crippen LogP) is 4.43. The van der Waals surface area contributed by atoms with Crippen molar-refractivity contribution in [2.24, 2.45) is 5.10 Å². The molecule has 0 radical (unpaired) electrons. The molecule has 27 heavy (non-hydrogen) atoms. The summed E-state index contributed by atoms with van der Waals surface area (Å²) in [6, 6.07) is 32.2. The van der Waals surface area contributed by atoms with Gasteiger partial charge in [-0.15, -0.1) is 0 Å². The van der Waals surface area contributed by atoms with Crippen LogP contribution in [0.15, 0.2) is 96.1 Å². The molecule has 3 aromatic rings. The first-order chi connectivity index (χ1) is 13.4. The van der Waals surface area contributed by atoms with E-state index in [0.29, 0.717) is 6.04 Å². The number of hydrazone groups is 1. The van der Waals surface area contributed by atoms with Gasteiger partial charge in [-0.25, -0.2) is 0 Å². The van der Waals surface area contributed by atoms with E-state index in [2.05, 4.69) is 87.8 Å². The predicted molar refractivity (Wildman–Crippen MR) is 112 cm³/mol. The quantitative estimate of drug-likeness (QED) is 0.631. The molecule has 0 bridgehead atoms. The fourth-order valence-corrected chi connectivity index (χ4v) is 3.66. The molecule has 0 atom stereocenters. The first-order valence-corrected chi connectivity index (χ1v) is 9.58. The average Bonchev–Trinajstić information content (AvgIpc) is 2.76. The van der Waals surface area contributed by atoms with E-state index < -0.39 is 0 Å². The van der Waals surface area contributed by atoms with E-state index in [4.69, 9.17) is 0 Å². The average molecular weight is 355 g/mol. The van der Waals surface area contributed by atoms with E-state index in [1.807, 2.05) is 24.4 Å². The summed E-state index contributed by atoms with van der Waals surface area (Å²) in [5, 5.41) is 6.85. The Balaban J connectivity index is 1.47. The van der Waals surface area contributed by atoms with Crippen LogP contribution in [0.25, 0.3) is 0 Å². The topological polar surface area (TPSA) is 18.8 Å². The molecule has 3 aromatic carbocycles. The molecule has 0 amide bonds. The zero-order valence-electron chi connectivity index (χ0n) is 15.5. The van der Waals surface area contributed by atoms with Gasteiger partial charge in [0, 0.05) is 26.2 Å². The Morgan fingerprint density at radius 3 is 1.63 bits per heavy atom. The Bertz CT molecular complexity index is 799. The first-order valence-electron chi connectivity index (χ1n) is 9.58. The molecule has 1 saturated heterocycles. The molecule has 0 N–H and O–H groups in total. The normalized spacial score (nSPS) is 15.5. The Labute approximate surface area is 161 Å². The summed E-state index contributed by atoms with van der Waals surface area (Å²) >= 11 is 0. The molecule has 1 aliphatic rings. The third kappa shape index (κ3) is 4.44. The molecule has 0 spiro atoms. The van der Waals surface area contributed by atoms with Gasteiger partial charge < -0.3 is 0 Å². The smallest absolute Gasteiger partial charge is 0.0603 e. The van der Waals surface area contributed by atoms with Gasteiger partial charge in [0.05, 0.1) is 12.3 Å². The van der Waals surface area contributed by atoms with Crippen LogP contribution < -0.4 is 0 Å². The maximum absolute atomic E-state index is 4.67. The lowest BCUT2D eigenvalue weighted by Gasteiger charge is -2.38. The van der Waals surface area contributed by atoms with Gasteiger partial charge in [0.15, 0.2) is 0 Å². The molecule has 0 aliphatic carbocycles. The fourth-order valence-electron chi connectivity index (χ4n) is 3.66. The third-order valence-corrected chi connectivity index (χ3v) is 5.06. The molecular formula is C24H25N3. The van der Waals surface area contributed by atoms with E-state index >= 15 is 0 Å². The first kappa shape index (κ1) is 17.5. The minimum atomic E-state index is 0.299.